The summed E-state index contributed by atoms with van der Waals surface area (Å²) in [5.74, 6) is -0.449. The van der Waals surface area contributed by atoms with Crippen molar-refractivity contribution in [2.24, 2.45) is 11.0 Å². The van der Waals surface area contributed by atoms with Crippen LogP contribution < -0.4 is 10.7 Å². The van der Waals surface area contributed by atoms with Gasteiger partial charge in [-0.3, -0.25) is 9.59 Å². The Kier molecular flexibility index (Phi) is 6.32. The van der Waals surface area contributed by atoms with Gasteiger partial charge in [0.1, 0.15) is 11.5 Å². The molecule has 7 heteroatoms. The first-order valence-electron chi connectivity index (χ1n) is 8.10. The highest BCUT2D eigenvalue weighted by atomic mass is 16.3. The Hall–Kier alpha value is -3.35. The van der Waals surface area contributed by atoms with E-state index in [9.17, 15) is 19.8 Å². The highest BCUT2D eigenvalue weighted by Crippen LogP contribution is 2.20. The molecule has 0 aliphatic heterocycles. The van der Waals surface area contributed by atoms with Crippen LogP contribution in [0.3, 0.4) is 0 Å². The number of rotatable bonds is 6. The van der Waals surface area contributed by atoms with Gasteiger partial charge in [0, 0.05) is 29.3 Å². The first-order chi connectivity index (χ1) is 12.3. The van der Waals surface area contributed by atoms with Crippen molar-refractivity contribution in [3.8, 4) is 11.5 Å². The summed E-state index contributed by atoms with van der Waals surface area (Å²) in [5.41, 5.74) is 3.69. The van der Waals surface area contributed by atoms with Crippen molar-refractivity contribution in [3.63, 3.8) is 0 Å². The summed E-state index contributed by atoms with van der Waals surface area (Å²) in [6, 6.07) is 10.5. The van der Waals surface area contributed by atoms with Crippen LogP contribution in [-0.4, -0.2) is 28.2 Å². The lowest BCUT2D eigenvalue weighted by atomic mass is 10.1. The molecule has 2 rings (SSSR count). The maximum Gasteiger partial charge on any atom is 0.271 e. The molecule has 7 nitrogen and oxygen atoms in total. The van der Waals surface area contributed by atoms with E-state index in [-0.39, 0.29) is 23.3 Å². The highest BCUT2D eigenvalue weighted by Gasteiger charge is 2.07. The Morgan fingerprint density at radius 2 is 1.81 bits per heavy atom. The standard InChI is InChI=1S/C19H21N3O4/c1-12(2)9-18(25)21-15-6-3-13(4-7-15)19(26)22-20-11-14-5-8-16(23)10-17(14)24/h3-8,10-12,23-24H,9H2,1-2H3,(H,21,25)(H,22,26). The number of hydrogen-bond donors (Lipinski definition) is 4. The average Bonchev–Trinajstić information content (AvgIpc) is 2.56. The largest absolute Gasteiger partial charge is 0.508 e. The number of hydrazone groups is 1. The first kappa shape index (κ1) is 19.0. The van der Waals surface area contributed by atoms with E-state index in [4.69, 9.17) is 0 Å². The maximum absolute atomic E-state index is 12.0. The lowest BCUT2D eigenvalue weighted by Gasteiger charge is -2.07. The predicted octanol–water partition coefficient (Wildman–Crippen LogP) is 2.85. The van der Waals surface area contributed by atoms with Gasteiger partial charge in [-0.2, -0.15) is 5.10 Å². The minimum Gasteiger partial charge on any atom is -0.508 e. The average molecular weight is 355 g/mol. The van der Waals surface area contributed by atoms with Gasteiger partial charge in [0.05, 0.1) is 6.21 Å². The van der Waals surface area contributed by atoms with Gasteiger partial charge in [-0.1, -0.05) is 13.8 Å². The van der Waals surface area contributed by atoms with E-state index in [1.807, 2.05) is 13.8 Å². The van der Waals surface area contributed by atoms with Crippen molar-refractivity contribution < 1.29 is 19.8 Å². The number of amides is 2. The molecule has 136 valence electrons. The maximum atomic E-state index is 12.0. The second-order valence-corrected chi connectivity index (χ2v) is 6.17. The molecule has 2 aromatic rings. The summed E-state index contributed by atoms with van der Waals surface area (Å²) in [5, 5.41) is 25.4. The van der Waals surface area contributed by atoms with E-state index in [0.29, 0.717) is 23.2 Å². The third-order valence-electron chi connectivity index (χ3n) is 3.41. The van der Waals surface area contributed by atoms with Gasteiger partial charge < -0.3 is 15.5 Å². The number of phenols is 2. The van der Waals surface area contributed by atoms with Gasteiger partial charge in [-0.15, -0.1) is 0 Å². The first-order valence-corrected chi connectivity index (χ1v) is 8.10. The molecule has 0 unspecified atom stereocenters. The van der Waals surface area contributed by atoms with Crippen LogP contribution in [0.5, 0.6) is 11.5 Å². The molecule has 0 saturated carbocycles. The monoisotopic (exact) mass is 355 g/mol. The van der Waals surface area contributed by atoms with E-state index in [0.717, 1.165) is 0 Å². The number of anilines is 1. The molecule has 4 N–H and O–H groups in total. The van der Waals surface area contributed by atoms with Crippen molar-refractivity contribution in [1.29, 1.82) is 0 Å². The van der Waals surface area contributed by atoms with Gasteiger partial charge in [0.2, 0.25) is 5.91 Å². The van der Waals surface area contributed by atoms with Crippen molar-refractivity contribution >= 4 is 23.7 Å². The molecule has 0 atom stereocenters. The molecule has 0 aliphatic rings. The quantitative estimate of drug-likeness (QED) is 0.471. The van der Waals surface area contributed by atoms with Crippen LogP contribution in [0.2, 0.25) is 0 Å². The molecule has 0 aromatic heterocycles. The third kappa shape index (κ3) is 5.62. The minimum absolute atomic E-state index is 0.0655. The van der Waals surface area contributed by atoms with Crippen molar-refractivity contribution in [2.75, 3.05) is 5.32 Å². The number of hydrogen-bond acceptors (Lipinski definition) is 5. The summed E-state index contributed by atoms with van der Waals surface area (Å²) in [7, 11) is 0. The predicted molar refractivity (Wildman–Crippen MR) is 99.4 cm³/mol. The number of carbonyl (C=O) groups excluding carboxylic acids is 2. The van der Waals surface area contributed by atoms with Gasteiger partial charge in [-0.05, 0) is 42.3 Å². The zero-order valence-electron chi connectivity index (χ0n) is 14.6. The van der Waals surface area contributed by atoms with E-state index in [1.165, 1.54) is 24.4 Å². The van der Waals surface area contributed by atoms with Crippen molar-refractivity contribution in [3.05, 3.63) is 53.6 Å². The Balaban J connectivity index is 1.93. The topological polar surface area (TPSA) is 111 Å². The molecule has 0 bridgehead atoms. The molecular weight excluding hydrogens is 334 g/mol. The summed E-state index contributed by atoms with van der Waals surface area (Å²) >= 11 is 0. The number of benzene rings is 2. The van der Waals surface area contributed by atoms with Crippen LogP contribution in [0.15, 0.2) is 47.6 Å². The van der Waals surface area contributed by atoms with Crippen molar-refractivity contribution in [1.82, 2.24) is 5.43 Å². The smallest absolute Gasteiger partial charge is 0.271 e. The van der Waals surface area contributed by atoms with Crippen LogP contribution in [0.25, 0.3) is 0 Å². The van der Waals surface area contributed by atoms with Gasteiger partial charge in [0.25, 0.3) is 5.91 Å². The molecular formula is C19H21N3O4. The van der Waals surface area contributed by atoms with Crippen LogP contribution in [0.4, 0.5) is 5.69 Å². The van der Waals surface area contributed by atoms with Gasteiger partial charge in [0.15, 0.2) is 0 Å². The molecule has 2 aromatic carbocycles. The summed E-state index contributed by atoms with van der Waals surface area (Å²) in [6.07, 6.45) is 1.70. The molecule has 0 aliphatic carbocycles. The normalized spacial score (nSPS) is 10.9. The SMILES string of the molecule is CC(C)CC(=O)Nc1ccc(C(=O)NN=Cc2ccc(O)cc2O)cc1. The lowest BCUT2D eigenvalue weighted by molar-refractivity contribution is -0.116. The second-order valence-electron chi connectivity index (χ2n) is 6.17. The summed E-state index contributed by atoms with van der Waals surface area (Å²) in [6.45, 7) is 3.93. The van der Waals surface area contributed by atoms with Crippen LogP contribution >= 0.6 is 0 Å². The molecule has 2 amide bonds. The third-order valence-corrected chi connectivity index (χ3v) is 3.41. The number of nitrogens with one attached hydrogen (secondary N) is 2. The van der Waals surface area contributed by atoms with Gasteiger partial charge in [-0.25, -0.2) is 5.43 Å². The fourth-order valence-corrected chi connectivity index (χ4v) is 2.15. The Morgan fingerprint density at radius 3 is 2.42 bits per heavy atom. The molecule has 0 heterocycles. The van der Waals surface area contributed by atoms with E-state index >= 15 is 0 Å². The van der Waals surface area contributed by atoms with E-state index in [1.54, 1.807) is 24.3 Å². The van der Waals surface area contributed by atoms with Crippen LogP contribution in [0, 0.1) is 5.92 Å². The molecule has 0 spiro atoms. The number of nitrogens with zero attached hydrogens (tertiary/aromatic N) is 1. The second kappa shape index (κ2) is 8.66. The molecule has 0 radical (unpaired) electrons. The number of aromatic hydroxyl groups is 2. The Bertz CT molecular complexity index is 814. The number of phenolic OH excluding ortho intramolecular Hbond substituents is 2. The van der Waals surface area contributed by atoms with Gasteiger partial charge >= 0.3 is 0 Å². The zero-order valence-corrected chi connectivity index (χ0v) is 14.6. The molecule has 26 heavy (non-hydrogen) atoms. The van der Waals surface area contributed by atoms with Crippen LogP contribution in [-0.2, 0) is 4.79 Å². The fourth-order valence-electron chi connectivity index (χ4n) is 2.15. The molecule has 0 fully saturated rings. The minimum atomic E-state index is -0.431. The highest BCUT2D eigenvalue weighted by molar-refractivity contribution is 5.96. The van der Waals surface area contributed by atoms with E-state index < -0.39 is 5.91 Å². The fraction of sp³-hybridized carbons (Fsp3) is 0.211. The zero-order chi connectivity index (χ0) is 19.1. The van der Waals surface area contributed by atoms with Crippen LogP contribution in [0.1, 0.15) is 36.2 Å². The summed E-state index contributed by atoms with van der Waals surface area (Å²) < 4.78 is 0. The van der Waals surface area contributed by atoms with E-state index in [2.05, 4.69) is 15.8 Å². The Labute approximate surface area is 151 Å². The lowest BCUT2D eigenvalue weighted by Crippen LogP contribution is -2.18. The summed E-state index contributed by atoms with van der Waals surface area (Å²) in [4.78, 5) is 23.8. The number of carbonyl (C=O) groups is 2. The molecule has 0 saturated heterocycles. The van der Waals surface area contributed by atoms with Crippen molar-refractivity contribution in [2.45, 2.75) is 20.3 Å². The Morgan fingerprint density at radius 1 is 1.12 bits per heavy atom.